The van der Waals surface area contributed by atoms with E-state index >= 15 is 0 Å². The molecule has 0 saturated heterocycles. The van der Waals surface area contributed by atoms with E-state index in [1.165, 1.54) is 6.42 Å². The van der Waals surface area contributed by atoms with Crippen molar-refractivity contribution in [3.8, 4) is 5.75 Å². The van der Waals surface area contributed by atoms with Crippen LogP contribution in [0.25, 0.3) is 0 Å². The molecule has 3 nitrogen and oxygen atoms in total. The minimum absolute atomic E-state index is 0.00468. The average Bonchev–Trinajstić information content (AvgIpc) is 2.48. The number of nitrogens with one attached hydrogen (secondary N) is 1. The number of hydrogen-bond donors (Lipinski definition) is 1. The molecule has 1 amide bonds. The van der Waals surface area contributed by atoms with E-state index < -0.39 is 5.72 Å². The van der Waals surface area contributed by atoms with E-state index in [0.717, 1.165) is 31.4 Å². The molecule has 1 aliphatic carbocycles. The first kappa shape index (κ1) is 14.4. The summed E-state index contributed by atoms with van der Waals surface area (Å²) in [5, 5.41) is 3.12. The largest absolute Gasteiger partial charge is 0.467 e. The van der Waals surface area contributed by atoms with Gasteiger partial charge in [-0.2, -0.15) is 0 Å². The lowest BCUT2D eigenvalue weighted by Gasteiger charge is -2.46. The molecule has 114 valence electrons. The highest BCUT2D eigenvalue weighted by atomic mass is 16.5. The predicted molar refractivity (Wildman–Crippen MR) is 83.3 cm³/mol. The molecule has 3 heteroatoms. The van der Waals surface area contributed by atoms with Gasteiger partial charge < -0.3 is 10.1 Å². The normalized spacial score (nSPS) is 28.7. The quantitative estimate of drug-likeness (QED) is 0.888. The molecule has 0 unspecified atom stereocenters. The number of para-hydroxylation sites is 1. The average molecular weight is 287 g/mol. The van der Waals surface area contributed by atoms with Crippen molar-refractivity contribution in [1.82, 2.24) is 5.32 Å². The molecule has 2 aliphatic rings. The van der Waals surface area contributed by atoms with E-state index in [4.69, 9.17) is 4.74 Å². The standard InChI is InChI=1S/C18H25NO2/c1-4-17(2,3)13-9-11-18(12-10-13)19-16(20)14-7-5-6-8-15(14)21-18/h5-8,13H,4,9-12H2,1-3H3,(H,19,20). The molecule has 1 aromatic rings. The summed E-state index contributed by atoms with van der Waals surface area (Å²) in [6, 6.07) is 7.53. The minimum Gasteiger partial charge on any atom is -0.467 e. The van der Waals surface area contributed by atoms with Crippen LogP contribution in [-0.4, -0.2) is 11.6 Å². The molecule has 1 aromatic carbocycles. The lowest BCUT2D eigenvalue weighted by molar-refractivity contribution is -0.0347. The number of rotatable bonds is 2. The number of amides is 1. The molecular formula is C18H25NO2. The van der Waals surface area contributed by atoms with Crippen LogP contribution in [0.3, 0.4) is 0 Å². The highest BCUT2D eigenvalue weighted by molar-refractivity contribution is 5.98. The summed E-state index contributed by atoms with van der Waals surface area (Å²) in [5.41, 5.74) is 0.545. The number of ether oxygens (including phenoxy) is 1. The minimum atomic E-state index is -0.480. The maximum absolute atomic E-state index is 12.3. The highest BCUT2D eigenvalue weighted by Crippen LogP contribution is 2.45. The second kappa shape index (κ2) is 5.04. The van der Waals surface area contributed by atoms with Crippen molar-refractivity contribution >= 4 is 5.91 Å². The molecule has 0 aromatic heterocycles. The Labute approximate surface area is 127 Å². The fourth-order valence-electron chi connectivity index (χ4n) is 3.63. The van der Waals surface area contributed by atoms with E-state index in [1.807, 2.05) is 24.3 Å². The van der Waals surface area contributed by atoms with Gasteiger partial charge in [0.1, 0.15) is 5.75 Å². The summed E-state index contributed by atoms with van der Waals surface area (Å²) in [5.74, 6) is 1.45. The van der Waals surface area contributed by atoms with Gasteiger partial charge in [0.15, 0.2) is 5.72 Å². The van der Waals surface area contributed by atoms with Gasteiger partial charge in [0, 0.05) is 12.8 Å². The zero-order valence-corrected chi connectivity index (χ0v) is 13.2. The van der Waals surface area contributed by atoms with Crippen LogP contribution in [-0.2, 0) is 0 Å². The molecule has 1 spiro atoms. The number of fused-ring (bicyclic) bond motifs is 1. The van der Waals surface area contributed by atoms with Crippen LogP contribution in [0, 0.1) is 11.3 Å². The Balaban J connectivity index is 1.76. The molecule has 1 aliphatic heterocycles. The van der Waals surface area contributed by atoms with Gasteiger partial charge in [0.2, 0.25) is 0 Å². The summed E-state index contributed by atoms with van der Waals surface area (Å²) in [7, 11) is 0. The first-order chi connectivity index (χ1) is 9.96. The Morgan fingerprint density at radius 2 is 1.95 bits per heavy atom. The Hall–Kier alpha value is -1.51. The van der Waals surface area contributed by atoms with Crippen LogP contribution < -0.4 is 10.1 Å². The molecule has 21 heavy (non-hydrogen) atoms. The van der Waals surface area contributed by atoms with E-state index in [2.05, 4.69) is 26.1 Å². The van der Waals surface area contributed by atoms with Gasteiger partial charge in [0.25, 0.3) is 5.91 Å². The Morgan fingerprint density at radius 3 is 2.62 bits per heavy atom. The topological polar surface area (TPSA) is 38.3 Å². The fraction of sp³-hybridized carbons (Fsp3) is 0.611. The van der Waals surface area contributed by atoms with Gasteiger partial charge in [-0.15, -0.1) is 0 Å². The van der Waals surface area contributed by atoms with E-state index in [9.17, 15) is 4.79 Å². The lowest BCUT2D eigenvalue weighted by Crippen LogP contribution is -2.58. The number of carbonyl (C=O) groups excluding carboxylic acids is 1. The monoisotopic (exact) mass is 287 g/mol. The molecular weight excluding hydrogens is 262 g/mol. The van der Waals surface area contributed by atoms with Crippen molar-refractivity contribution < 1.29 is 9.53 Å². The van der Waals surface area contributed by atoms with Gasteiger partial charge in [-0.3, -0.25) is 4.79 Å². The molecule has 1 heterocycles. The van der Waals surface area contributed by atoms with Gasteiger partial charge in [0.05, 0.1) is 5.56 Å². The molecule has 1 fully saturated rings. The van der Waals surface area contributed by atoms with Crippen LogP contribution in [0.15, 0.2) is 24.3 Å². The fourth-order valence-corrected chi connectivity index (χ4v) is 3.63. The first-order valence-corrected chi connectivity index (χ1v) is 8.06. The second-order valence-electron chi connectivity index (χ2n) is 7.16. The summed E-state index contributed by atoms with van der Waals surface area (Å²) in [6.45, 7) is 6.97. The smallest absolute Gasteiger partial charge is 0.258 e. The summed E-state index contributed by atoms with van der Waals surface area (Å²) < 4.78 is 6.19. The van der Waals surface area contributed by atoms with Gasteiger partial charge in [-0.1, -0.05) is 39.3 Å². The second-order valence-corrected chi connectivity index (χ2v) is 7.16. The summed E-state index contributed by atoms with van der Waals surface area (Å²) in [6.07, 6.45) is 5.23. The van der Waals surface area contributed by atoms with Crippen molar-refractivity contribution in [2.45, 2.75) is 58.6 Å². The predicted octanol–water partition coefficient (Wildman–Crippen LogP) is 4.13. The third-order valence-electron chi connectivity index (χ3n) is 5.59. The van der Waals surface area contributed by atoms with Crippen molar-refractivity contribution in [2.24, 2.45) is 11.3 Å². The molecule has 0 bridgehead atoms. The van der Waals surface area contributed by atoms with Gasteiger partial charge in [-0.25, -0.2) is 0 Å². The summed E-state index contributed by atoms with van der Waals surface area (Å²) >= 11 is 0. The van der Waals surface area contributed by atoms with E-state index in [0.29, 0.717) is 16.9 Å². The number of hydrogen-bond acceptors (Lipinski definition) is 2. The maximum atomic E-state index is 12.3. The molecule has 0 radical (unpaired) electrons. The van der Waals surface area contributed by atoms with Crippen LogP contribution in [0.2, 0.25) is 0 Å². The molecule has 1 N–H and O–H groups in total. The zero-order valence-electron chi connectivity index (χ0n) is 13.2. The van der Waals surface area contributed by atoms with E-state index in [1.54, 1.807) is 0 Å². The first-order valence-electron chi connectivity index (χ1n) is 8.06. The maximum Gasteiger partial charge on any atom is 0.258 e. The summed E-state index contributed by atoms with van der Waals surface area (Å²) in [4.78, 5) is 12.3. The van der Waals surface area contributed by atoms with Gasteiger partial charge in [-0.05, 0) is 36.3 Å². The third-order valence-corrected chi connectivity index (χ3v) is 5.59. The Morgan fingerprint density at radius 1 is 1.29 bits per heavy atom. The lowest BCUT2D eigenvalue weighted by atomic mass is 9.68. The van der Waals surface area contributed by atoms with Crippen LogP contribution in [0.1, 0.15) is 63.2 Å². The third kappa shape index (κ3) is 2.54. The number of carbonyl (C=O) groups is 1. The van der Waals surface area contributed by atoms with Crippen LogP contribution in [0.4, 0.5) is 0 Å². The van der Waals surface area contributed by atoms with Crippen molar-refractivity contribution in [3.05, 3.63) is 29.8 Å². The van der Waals surface area contributed by atoms with Crippen molar-refractivity contribution in [1.29, 1.82) is 0 Å². The molecule has 3 rings (SSSR count). The van der Waals surface area contributed by atoms with Crippen molar-refractivity contribution in [3.63, 3.8) is 0 Å². The van der Waals surface area contributed by atoms with Crippen molar-refractivity contribution in [2.75, 3.05) is 0 Å². The zero-order chi connectivity index (χ0) is 15.1. The number of benzene rings is 1. The van der Waals surface area contributed by atoms with Crippen LogP contribution >= 0.6 is 0 Å². The van der Waals surface area contributed by atoms with E-state index in [-0.39, 0.29) is 5.91 Å². The Kier molecular flexibility index (Phi) is 3.46. The molecule has 0 atom stereocenters. The Bertz CT molecular complexity index is 542. The van der Waals surface area contributed by atoms with Crippen LogP contribution in [0.5, 0.6) is 5.75 Å². The molecule has 1 saturated carbocycles. The highest BCUT2D eigenvalue weighted by Gasteiger charge is 2.45. The SMILES string of the molecule is CCC(C)(C)C1CCC2(CC1)NC(=O)c1ccccc1O2. The van der Waals surface area contributed by atoms with Gasteiger partial charge >= 0.3 is 0 Å².